The number of rotatable bonds is 5. The normalized spacial score (nSPS) is 18.3. The Morgan fingerprint density at radius 2 is 2.13 bits per heavy atom. The van der Waals surface area contributed by atoms with E-state index in [2.05, 4.69) is 34.6 Å². The Kier molecular flexibility index (Phi) is 4.98. The predicted molar refractivity (Wildman–Crippen MR) is 92.8 cm³/mol. The van der Waals surface area contributed by atoms with E-state index in [1.807, 2.05) is 12.1 Å². The maximum Gasteiger partial charge on any atom is 0.189 e. The summed E-state index contributed by atoms with van der Waals surface area (Å²) in [4.78, 5) is 4.40. The molecular weight excluding hydrogens is 290 g/mol. The number of nitrogens with one attached hydrogen (secondary N) is 1. The van der Waals surface area contributed by atoms with Crippen LogP contribution in [0.4, 0.5) is 0 Å². The molecule has 2 aromatic carbocycles. The topological polar surface area (TPSA) is 68.9 Å². The molecule has 1 saturated heterocycles. The van der Waals surface area contributed by atoms with Crippen molar-refractivity contribution in [2.24, 2.45) is 10.7 Å². The standard InChI is InChI=1S/C18H23N3O2/c1-22-16-7-6-14-9-13(4-5-15(14)10-16)11-20-18(19)21-12-17-3-2-8-23-17/h4-7,9-10,17H,2-3,8,11-12H2,1H3,(H3,19,20,21). The number of hydrogen-bond donors (Lipinski definition) is 2. The molecule has 2 aromatic rings. The monoisotopic (exact) mass is 313 g/mol. The molecule has 0 radical (unpaired) electrons. The first-order chi connectivity index (χ1) is 11.2. The minimum Gasteiger partial charge on any atom is -0.497 e. The number of fused-ring (bicyclic) bond motifs is 1. The van der Waals surface area contributed by atoms with Gasteiger partial charge in [0.1, 0.15) is 5.75 Å². The number of aliphatic imine (C=N–C) groups is 1. The molecule has 5 heteroatoms. The van der Waals surface area contributed by atoms with Gasteiger partial charge in [0.15, 0.2) is 5.96 Å². The number of hydrogen-bond acceptors (Lipinski definition) is 3. The Hall–Kier alpha value is -2.27. The fraction of sp³-hybridized carbons (Fsp3) is 0.389. The van der Waals surface area contributed by atoms with Crippen molar-refractivity contribution < 1.29 is 9.47 Å². The lowest BCUT2D eigenvalue weighted by Gasteiger charge is -2.11. The van der Waals surface area contributed by atoms with Crippen LogP contribution < -0.4 is 15.8 Å². The highest BCUT2D eigenvalue weighted by molar-refractivity contribution is 5.84. The third-order valence-electron chi connectivity index (χ3n) is 4.08. The molecule has 0 aromatic heterocycles. The van der Waals surface area contributed by atoms with E-state index in [1.165, 1.54) is 5.39 Å². The zero-order valence-corrected chi connectivity index (χ0v) is 13.4. The summed E-state index contributed by atoms with van der Waals surface area (Å²) in [5.41, 5.74) is 7.05. The minimum absolute atomic E-state index is 0.263. The van der Waals surface area contributed by atoms with Gasteiger partial charge in [-0.15, -0.1) is 0 Å². The summed E-state index contributed by atoms with van der Waals surface area (Å²) in [6.07, 6.45) is 2.49. The molecule has 0 aliphatic carbocycles. The van der Waals surface area contributed by atoms with Gasteiger partial charge in [-0.05, 0) is 47.4 Å². The number of benzene rings is 2. The van der Waals surface area contributed by atoms with Crippen molar-refractivity contribution in [2.45, 2.75) is 25.5 Å². The third-order valence-corrected chi connectivity index (χ3v) is 4.08. The van der Waals surface area contributed by atoms with Crippen LogP contribution in [0.5, 0.6) is 5.75 Å². The van der Waals surface area contributed by atoms with Crippen LogP contribution in [0, 0.1) is 0 Å². The van der Waals surface area contributed by atoms with E-state index in [0.29, 0.717) is 12.5 Å². The molecular formula is C18H23N3O2. The van der Waals surface area contributed by atoms with Crippen LogP contribution in [0.3, 0.4) is 0 Å². The average molecular weight is 313 g/mol. The van der Waals surface area contributed by atoms with Crippen molar-refractivity contribution in [1.29, 1.82) is 0 Å². The molecule has 3 N–H and O–H groups in total. The van der Waals surface area contributed by atoms with Crippen molar-refractivity contribution in [3.63, 3.8) is 0 Å². The van der Waals surface area contributed by atoms with E-state index in [-0.39, 0.29) is 6.10 Å². The smallest absolute Gasteiger partial charge is 0.189 e. The fourth-order valence-electron chi connectivity index (χ4n) is 2.75. The second-order valence-corrected chi connectivity index (χ2v) is 5.76. The molecule has 0 spiro atoms. The number of nitrogens with two attached hydrogens (primary N) is 1. The van der Waals surface area contributed by atoms with Gasteiger partial charge in [0, 0.05) is 13.2 Å². The number of guanidine groups is 1. The SMILES string of the molecule is COc1ccc2cc(CN=C(N)NCC3CCCO3)ccc2c1. The minimum atomic E-state index is 0.263. The Morgan fingerprint density at radius 1 is 1.30 bits per heavy atom. The zero-order valence-electron chi connectivity index (χ0n) is 13.4. The first kappa shape index (κ1) is 15.6. The van der Waals surface area contributed by atoms with Gasteiger partial charge in [0.2, 0.25) is 0 Å². The van der Waals surface area contributed by atoms with Crippen LogP contribution in [0.1, 0.15) is 18.4 Å². The Balaban J connectivity index is 1.60. The van der Waals surface area contributed by atoms with Crippen LogP contribution in [0.25, 0.3) is 10.8 Å². The molecule has 1 fully saturated rings. The average Bonchev–Trinajstić information content (AvgIpc) is 3.11. The molecule has 1 atom stereocenters. The first-order valence-corrected chi connectivity index (χ1v) is 7.96. The highest BCUT2D eigenvalue weighted by atomic mass is 16.5. The summed E-state index contributed by atoms with van der Waals surface area (Å²) in [5, 5.41) is 5.46. The number of nitrogens with zero attached hydrogens (tertiary/aromatic N) is 1. The van der Waals surface area contributed by atoms with E-state index < -0.39 is 0 Å². The largest absolute Gasteiger partial charge is 0.497 e. The van der Waals surface area contributed by atoms with Crippen LogP contribution in [0.15, 0.2) is 41.4 Å². The van der Waals surface area contributed by atoms with E-state index in [9.17, 15) is 0 Å². The summed E-state index contributed by atoms with van der Waals surface area (Å²) >= 11 is 0. The Bertz CT molecular complexity index is 694. The molecule has 0 amide bonds. The van der Waals surface area contributed by atoms with Gasteiger partial charge in [-0.3, -0.25) is 0 Å². The van der Waals surface area contributed by atoms with Gasteiger partial charge in [-0.2, -0.15) is 0 Å². The highest BCUT2D eigenvalue weighted by Gasteiger charge is 2.14. The van der Waals surface area contributed by atoms with Crippen LogP contribution in [-0.4, -0.2) is 32.3 Å². The molecule has 23 heavy (non-hydrogen) atoms. The van der Waals surface area contributed by atoms with Gasteiger partial charge < -0.3 is 20.5 Å². The van der Waals surface area contributed by atoms with E-state index in [4.69, 9.17) is 15.2 Å². The van der Waals surface area contributed by atoms with Crippen molar-refractivity contribution in [3.05, 3.63) is 42.0 Å². The van der Waals surface area contributed by atoms with Crippen LogP contribution in [0.2, 0.25) is 0 Å². The highest BCUT2D eigenvalue weighted by Crippen LogP contribution is 2.22. The molecule has 1 unspecified atom stereocenters. The first-order valence-electron chi connectivity index (χ1n) is 7.96. The second kappa shape index (κ2) is 7.33. The molecule has 0 bridgehead atoms. The fourth-order valence-corrected chi connectivity index (χ4v) is 2.75. The molecule has 1 aliphatic rings. The molecule has 1 aliphatic heterocycles. The maximum atomic E-state index is 5.92. The van der Waals surface area contributed by atoms with E-state index in [1.54, 1.807) is 7.11 Å². The van der Waals surface area contributed by atoms with Gasteiger partial charge in [0.25, 0.3) is 0 Å². The summed E-state index contributed by atoms with van der Waals surface area (Å²) in [5.74, 6) is 1.33. The van der Waals surface area contributed by atoms with Gasteiger partial charge in [-0.25, -0.2) is 4.99 Å². The maximum absolute atomic E-state index is 5.92. The van der Waals surface area contributed by atoms with Gasteiger partial charge in [-0.1, -0.05) is 18.2 Å². The van der Waals surface area contributed by atoms with E-state index >= 15 is 0 Å². The molecule has 5 nitrogen and oxygen atoms in total. The molecule has 0 saturated carbocycles. The quantitative estimate of drug-likeness (QED) is 0.657. The number of ether oxygens (including phenoxy) is 2. The Labute approximate surface area is 136 Å². The summed E-state index contributed by atoms with van der Waals surface area (Å²) in [6.45, 7) is 2.14. The van der Waals surface area contributed by atoms with Crippen LogP contribution in [-0.2, 0) is 11.3 Å². The lowest BCUT2D eigenvalue weighted by Crippen LogP contribution is -2.37. The number of methoxy groups -OCH3 is 1. The van der Waals surface area contributed by atoms with Crippen LogP contribution >= 0.6 is 0 Å². The van der Waals surface area contributed by atoms with Crippen molar-refractivity contribution in [2.75, 3.05) is 20.3 Å². The third kappa shape index (κ3) is 4.13. The lowest BCUT2D eigenvalue weighted by molar-refractivity contribution is 0.114. The summed E-state index contributed by atoms with van der Waals surface area (Å²) in [6, 6.07) is 12.3. The molecule has 1 heterocycles. The van der Waals surface area contributed by atoms with Crippen molar-refractivity contribution in [1.82, 2.24) is 5.32 Å². The van der Waals surface area contributed by atoms with E-state index in [0.717, 1.165) is 42.7 Å². The molecule has 3 rings (SSSR count). The second-order valence-electron chi connectivity index (χ2n) is 5.76. The Morgan fingerprint density at radius 3 is 2.91 bits per heavy atom. The van der Waals surface area contributed by atoms with Gasteiger partial charge in [0.05, 0.1) is 19.8 Å². The predicted octanol–water partition coefficient (Wildman–Crippen LogP) is 2.43. The van der Waals surface area contributed by atoms with Crippen molar-refractivity contribution >= 4 is 16.7 Å². The summed E-state index contributed by atoms with van der Waals surface area (Å²) < 4.78 is 10.8. The van der Waals surface area contributed by atoms with Gasteiger partial charge >= 0.3 is 0 Å². The molecule has 122 valence electrons. The lowest BCUT2D eigenvalue weighted by atomic mass is 10.1. The van der Waals surface area contributed by atoms with Crippen molar-refractivity contribution in [3.8, 4) is 5.75 Å². The summed E-state index contributed by atoms with van der Waals surface area (Å²) in [7, 11) is 1.68. The zero-order chi connectivity index (χ0) is 16.1.